The van der Waals surface area contributed by atoms with Crippen molar-refractivity contribution in [3.63, 3.8) is 0 Å². The molecule has 30 heavy (non-hydrogen) atoms. The number of hydrogen-bond donors (Lipinski definition) is 0. The van der Waals surface area contributed by atoms with E-state index in [1.807, 2.05) is 0 Å². The van der Waals surface area contributed by atoms with Gasteiger partial charge in [-0.1, -0.05) is 43.0 Å². The van der Waals surface area contributed by atoms with Crippen molar-refractivity contribution in [2.45, 2.75) is 9.79 Å². The lowest BCUT2D eigenvalue weighted by Gasteiger charge is -2.18. The number of hydrogen-bond acceptors (Lipinski definition) is 6. The van der Waals surface area contributed by atoms with Gasteiger partial charge in [0, 0.05) is 16.7 Å². The molecular formula is C22H13NO6S. The maximum atomic E-state index is 12.8. The standard InChI is InChI=1S/C22H13NO6S/c1-2-13-4-3-5-18(20(13)23(26)27)22(25)15-8-6-14(7-9-15)21(24)17-11-10-16-12-19(17)30(16,28)29/h2-12H,1H2. The maximum absolute atomic E-state index is 12.8. The Bertz CT molecular complexity index is 1370. The molecule has 2 bridgehead atoms. The van der Waals surface area contributed by atoms with Gasteiger partial charge in [-0.15, -0.1) is 0 Å². The molecule has 0 saturated carbocycles. The molecule has 7 nitrogen and oxygen atoms in total. The molecule has 0 radical (unpaired) electrons. The molecule has 0 amide bonds. The Morgan fingerprint density at radius 1 is 0.900 bits per heavy atom. The number of para-hydroxylation sites is 1. The van der Waals surface area contributed by atoms with Crippen LogP contribution in [0.25, 0.3) is 6.08 Å². The summed E-state index contributed by atoms with van der Waals surface area (Å²) in [5, 5.41) is 11.4. The van der Waals surface area contributed by atoms with Gasteiger partial charge in [0.1, 0.15) is 5.56 Å². The van der Waals surface area contributed by atoms with Crippen molar-refractivity contribution in [2.24, 2.45) is 0 Å². The fraction of sp³-hybridized carbons (Fsp3) is 0. The SMILES string of the molecule is C=Cc1cccc(C(=O)c2ccc(C(=O)c3ccc4cc3S4(=O)=O)cc2)c1[N+](=O)[O-]. The van der Waals surface area contributed by atoms with Crippen molar-refractivity contribution in [3.05, 3.63) is 105 Å². The minimum atomic E-state index is -3.54. The summed E-state index contributed by atoms with van der Waals surface area (Å²) in [7, 11) is -3.54. The van der Waals surface area contributed by atoms with Gasteiger partial charge in [-0.25, -0.2) is 8.42 Å². The van der Waals surface area contributed by atoms with Crippen LogP contribution in [0.1, 0.15) is 37.4 Å². The number of benzene rings is 3. The molecule has 2 aliphatic rings. The molecule has 8 heteroatoms. The van der Waals surface area contributed by atoms with E-state index in [2.05, 4.69) is 6.58 Å². The normalized spacial score (nSPS) is 13.2. The van der Waals surface area contributed by atoms with E-state index in [0.717, 1.165) is 0 Å². The van der Waals surface area contributed by atoms with Crippen LogP contribution in [0.3, 0.4) is 0 Å². The first-order valence-electron chi connectivity index (χ1n) is 8.74. The number of carbonyl (C=O) groups is 2. The average Bonchev–Trinajstić information content (AvgIpc) is 2.77. The summed E-state index contributed by atoms with van der Waals surface area (Å²) in [4.78, 5) is 36.5. The summed E-state index contributed by atoms with van der Waals surface area (Å²) in [5.41, 5.74) is 0.227. The molecule has 0 N–H and O–H groups in total. The Balaban J connectivity index is 1.68. The Morgan fingerprint density at radius 3 is 2.00 bits per heavy atom. The second-order valence-corrected chi connectivity index (χ2v) is 8.52. The highest BCUT2D eigenvalue weighted by Gasteiger charge is 2.34. The van der Waals surface area contributed by atoms with E-state index in [1.54, 1.807) is 0 Å². The molecule has 0 atom stereocenters. The maximum Gasteiger partial charge on any atom is 0.287 e. The molecule has 0 unspecified atom stereocenters. The lowest BCUT2D eigenvalue weighted by molar-refractivity contribution is -0.385. The van der Waals surface area contributed by atoms with Gasteiger partial charge in [0.2, 0.25) is 9.84 Å². The first kappa shape index (κ1) is 19.4. The zero-order valence-electron chi connectivity index (χ0n) is 15.4. The minimum Gasteiger partial charge on any atom is -0.289 e. The molecule has 0 saturated heterocycles. The third-order valence-electron chi connectivity index (χ3n) is 4.92. The van der Waals surface area contributed by atoms with Crippen LogP contribution in [0, 0.1) is 10.1 Å². The molecular weight excluding hydrogens is 406 g/mol. The van der Waals surface area contributed by atoms with Crippen LogP contribution in [0.4, 0.5) is 5.69 Å². The number of nitrogens with zero attached hydrogens (tertiary/aromatic N) is 1. The third-order valence-corrected chi connectivity index (χ3v) is 6.71. The van der Waals surface area contributed by atoms with Gasteiger partial charge < -0.3 is 0 Å². The highest BCUT2D eigenvalue weighted by Crippen LogP contribution is 2.36. The summed E-state index contributed by atoms with van der Waals surface area (Å²) in [6, 6.07) is 14.2. The number of sulfone groups is 1. The highest BCUT2D eigenvalue weighted by molar-refractivity contribution is 7.92. The summed E-state index contributed by atoms with van der Waals surface area (Å²) in [6.45, 7) is 3.53. The van der Waals surface area contributed by atoms with Gasteiger partial charge in [0.25, 0.3) is 5.69 Å². The van der Waals surface area contributed by atoms with Crippen molar-refractivity contribution in [1.29, 1.82) is 0 Å². The number of fused-ring (bicyclic) bond motifs is 2. The highest BCUT2D eigenvalue weighted by atomic mass is 32.2. The summed E-state index contributed by atoms with van der Waals surface area (Å²) in [5.74, 6) is -1.06. The minimum absolute atomic E-state index is 0.0120. The van der Waals surface area contributed by atoms with Crippen LogP contribution in [0.2, 0.25) is 0 Å². The molecule has 5 rings (SSSR count). The van der Waals surface area contributed by atoms with E-state index in [-0.39, 0.29) is 43.3 Å². The van der Waals surface area contributed by atoms with Crippen molar-refractivity contribution >= 4 is 33.2 Å². The quantitative estimate of drug-likeness (QED) is 0.267. The van der Waals surface area contributed by atoms with Crippen LogP contribution < -0.4 is 0 Å². The Labute approximate surface area is 171 Å². The van der Waals surface area contributed by atoms with E-state index in [9.17, 15) is 28.1 Å². The summed E-state index contributed by atoms with van der Waals surface area (Å²) < 4.78 is 24.0. The molecule has 148 valence electrons. The smallest absolute Gasteiger partial charge is 0.287 e. The van der Waals surface area contributed by atoms with Gasteiger partial charge >= 0.3 is 0 Å². The summed E-state index contributed by atoms with van der Waals surface area (Å²) in [6.07, 6.45) is 1.30. The Kier molecular flexibility index (Phi) is 4.43. The fourth-order valence-corrected chi connectivity index (χ4v) is 4.67. The average molecular weight is 419 g/mol. The lowest BCUT2D eigenvalue weighted by Crippen LogP contribution is -2.18. The number of nitro benzene ring substituents is 1. The monoisotopic (exact) mass is 419 g/mol. The van der Waals surface area contributed by atoms with Gasteiger partial charge in [-0.2, -0.15) is 0 Å². The van der Waals surface area contributed by atoms with Crippen LogP contribution in [0.5, 0.6) is 0 Å². The molecule has 3 aromatic carbocycles. The molecule has 0 aliphatic carbocycles. The third kappa shape index (κ3) is 2.85. The first-order chi connectivity index (χ1) is 14.3. The zero-order chi connectivity index (χ0) is 21.6. The largest absolute Gasteiger partial charge is 0.289 e. The van der Waals surface area contributed by atoms with E-state index >= 15 is 0 Å². The molecule has 0 spiro atoms. The Hall–Kier alpha value is -3.91. The van der Waals surface area contributed by atoms with Crippen LogP contribution in [0.15, 0.2) is 77.0 Å². The molecule has 0 aromatic heterocycles. The van der Waals surface area contributed by atoms with Crippen LogP contribution in [-0.2, 0) is 9.84 Å². The molecule has 2 aliphatic heterocycles. The van der Waals surface area contributed by atoms with Crippen molar-refractivity contribution in [1.82, 2.24) is 0 Å². The molecule has 0 fully saturated rings. The van der Waals surface area contributed by atoms with Gasteiger partial charge in [-0.3, -0.25) is 19.7 Å². The number of carbonyl (C=O) groups excluding carboxylic acids is 2. The van der Waals surface area contributed by atoms with E-state index in [4.69, 9.17) is 0 Å². The fourth-order valence-electron chi connectivity index (χ4n) is 3.35. The van der Waals surface area contributed by atoms with E-state index in [0.29, 0.717) is 0 Å². The van der Waals surface area contributed by atoms with E-state index in [1.165, 1.54) is 66.7 Å². The van der Waals surface area contributed by atoms with Crippen molar-refractivity contribution in [3.8, 4) is 0 Å². The predicted octanol–water partition coefficient (Wildman–Crippen LogP) is 3.85. The van der Waals surface area contributed by atoms with Crippen molar-refractivity contribution in [2.75, 3.05) is 0 Å². The zero-order valence-corrected chi connectivity index (χ0v) is 16.2. The van der Waals surface area contributed by atoms with Gasteiger partial charge in [-0.05, 0) is 30.3 Å². The topological polar surface area (TPSA) is 111 Å². The number of nitro groups is 1. The molecule has 3 aromatic rings. The Morgan fingerprint density at radius 2 is 1.50 bits per heavy atom. The predicted molar refractivity (Wildman–Crippen MR) is 108 cm³/mol. The first-order valence-corrected chi connectivity index (χ1v) is 10.2. The van der Waals surface area contributed by atoms with Crippen LogP contribution in [-0.4, -0.2) is 24.9 Å². The van der Waals surface area contributed by atoms with Crippen LogP contribution >= 0.6 is 0 Å². The molecule has 2 heterocycles. The second-order valence-electron chi connectivity index (χ2n) is 6.60. The lowest BCUT2D eigenvalue weighted by atomic mass is 9.96. The second kappa shape index (κ2) is 6.85. The van der Waals surface area contributed by atoms with E-state index < -0.39 is 26.3 Å². The van der Waals surface area contributed by atoms with Gasteiger partial charge in [0.05, 0.1) is 20.3 Å². The summed E-state index contributed by atoms with van der Waals surface area (Å²) >= 11 is 0. The number of rotatable bonds is 6. The van der Waals surface area contributed by atoms with Gasteiger partial charge in [0.15, 0.2) is 11.6 Å². The van der Waals surface area contributed by atoms with Crippen molar-refractivity contribution < 1.29 is 22.9 Å². The number of ketones is 2.